The number of hydrogen-bond acceptors (Lipinski definition) is 2. The van der Waals surface area contributed by atoms with Crippen molar-refractivity contribution in [3.63, 3.8) is 0 Å². The molecule has 0 aliphatic heterocycles. The smallest absolute Gasteiger partial charge is 0.166 e. The van der Waals surface area contributed by atoms with Crippen LogP contribution in [0.5, 0.6) is 0 Å². The predicted octanol–water partition coefficient (Wildman–Crippen LogP) is 3.01. The maximum atomic E-state index is 5.65. The Morgan fingerprint density at radius 1 is 0.714 bits per heavy atom. The summed E-state index contributed by atoms with van der Waals surface area (Å²) in [7, 11) is 0. The van der Waals surface area contributed by atoms with Gasteiger partial charge in [-0.1, -0.05) is 30.7 Å². The van der Waals surface area contributed by atoms with Gasteiger partial charge in [-0.15, -0.1) is 0 Å². The van der Waals surface area contributed by atoms with Crippen LogP contribution >= 0.6 is 24.4 Å². The van der Waals surface area contributed by atoms with Gasteiger partial charge in [0.1, 0.15) is 0 Å². The molecule has 0 aromatic carbocycles. The SMILES string of the molecule is S=C(NC[C@H]1CCC[C@@H]1NC(=S)N[C@@H]1C[C@H]2C=C[C@H]1C2)N[C@@H]1C[C@H]2C=C[C@H]1C2. The van der Waals surface area contributed by atoms with Crippen molar-refractivity contribution >= 4 is 34.7 Å². The minimum Gasteiger partial charge on any atom is -0.362 e. The molecular weight excluding hydrogens is 384 g/mol. The summed E-state index contributed by atoms with van der Waals surface area (Å²) in [4.78, 5) is 0. The molecule has 6 heteroatoms. The average molecular weight is 417 g/mol. The highest BCUT2D eigenvalue weighted by molar-refractivity contribution is 7.80. The monoisotopic (exact) mass is 416 g/mol. The van der Waals surface area contributed by atoms with Gasteiger partial charge < -0.3 is 21.3 Å². The highest BCUT2D eigenvalue weighted by Crippen LogP contribution is 2.39. The summed E-state index contributed by atoms with van der Waals surface area (Å²) in [5, 5.41) is 15.9. The second-order valence-corrected chi connectivity index (χ2v) is 10.4. The number of hydrogen-bond donors (Lipinski definition) is 4. The van der Waals surface area contributed by atoms with E-state index in [1.54, 1.807) is 0 Å². The highest BCUT2D eigenvalue weighted by Gasteiger charge is 2.37. The first kappa shape index (κ1) is 18.9. The van der Waals surface area contributed by atoms with Gasteiger partial charge in [0.15, 0.2) is 10.2 Å². The number of rotatable bonds is 5. The molecule has 0 unspecified atom stereocenters. The molecule has 0 spiro atoms. The van der Waals surface area contributed by atoms with E-state index in [0.717, 1.165) is 28.6 Å². The molecule has 8 atom stereocenters. The van der Waals surface area contributed by atoms with E-state index in [1.807, 2.05) is 0 Å². The van der Waals surface area contributed by atoms with Gasteiger partial charge in [-0.25, -0.2) is 0 Å². The molecule has 5 aliphatic rings. The molecule has 4 N–H and O–H groups in total. The molecule has 152 valence electrons. The van der Waals surface area contributed by atoms with E-state index in [1.165, 1.54) is 44.9 Å². The summed E-state index contributed by atoms with van der Waals surface area (Å²) >= 11 is 11.2. The summed E-state index contributed by atoms with van der Waals surface area (Å²) in [6.45, 7) is 0.930. The maximum Gasteiger partial charge on any atom is 0.166 e. The van der Waals surface area contributed by atoms with Gasteiger partial charge >= 0.3 is 0 Å². The van der Waals surface area contributed by atoms with Crippen molar-refractivity contribution in [1.82, 2.24) is 21.3 Å². The number of nitrogens with one attached hydrogen (secondary N) is 4. The van der Waals surface area contributed by atoms with E-state index < -0.39 is 0 Å². The Bertz CT molecular complexity index is 690. The molecule has 0 aromatic rings. The third kappa shape index (κ3) is 3.95. The van der Waals surface area contributed by atoms with Crippen molar-refractivity contribution in [3.8, 4) is 0 Å². The Morgan fingerprint density at radius 3 is 1.89 bits per heavy atom. The van der Waals surface area contributed by atoms with Gasteiger partial charge in [0.25, 0.3) is 0 Å². The molecule has 28 heavy (non-hydrogen) atoms. The van der Waals surface area contributed by atoms with Crippen molar-refractivity contribution < 1.29 is 0 Å². The second kappa shape index (κ2) is 7.94. The third-order valence-corrected chi connectivity index (χ3v) is 8.19. The lowest BCUT2D eigenvalue weighted by Crippen LogP contribution is -2.50. The Morgan fingerprint density at radius 2 is 1.32 bits per heavy atom. The van der Waals surface area contributed by atoms with Crippen LogP contribution < -0.4 is 21.3 Å². The third-order valence-electron chi connectivity index (χ3n) is 7.69. The maximum absolute atomic E-state index is 5.65. The fourth-order valence-electron chi connectivity index (χ4n) is 6.19. The average Bonchev–Trinajstić information content (AvgIpc) is 3.47. The Labute approximate surface area is 179 Å². The highest BCUT2D eigenvalue weighted by atomic mass is 32.1. The van der Waals surface area contributed by atoms with Crippen molar-refractivity contribution in [2.24, 2.45) is 29.6 Å². The van der Waals surface area contributed by atoms with Crippen LogP contribution in [0.1, 0.15) is 44.9 Å². The Balaban J connectivity index is 1.05. The normalized spacial score (nSPS) is 42.1. The molecule has 5 rings (SSSR count). The van der Waals surface area contributed by atoms with Gasteiger partial charge in [0, 0.05) is 24.7 Å². The summed E-state index contributed by atoms with van der Waals surface area (Å²) < 4.78 is 0. The zero-order chi connectivity index (χ0) is 19.1. The fourth-order valence-corrected chi connectivity index (χ4v) is 6.72. The van der Waals surface area contributed by atoms with Crippen molar-refractivity contribution in [2.75, 3.05) is 6.54 Å². The van der Waals surface area contributed by atoms with E-state index >= 15 is 0 Å². The van der Waals surface area contributed by atoms with Gasteiger partial charge in [0.2, 0.25) is 0 Å². The van der Waals surface area contributed by atoms with Crippen LogP contribution in [0.4, 0.5) is 0 Å². The Kier molecular flexibility index (Phi) is 5.35. The lowest BCUT2D eigenvalue weighted by molar-refractivity contribution is 0.431. The largest absolute Gasteiger partial charge is 0.362 e. The van der Waals surface area contributed by atoms with Crippen LogP contribution in [-0.2, 0) is 0 Å². The number of fused-ring (bicyclic) bond motifs is 4. The minimum atomic E-state index is 0.454. The molecular formula is C22H32N4S2. The van der Waals surface area contributed by atoms with Crippen molar-refractivity contribution in [3.05, 3.63) is 24.3 Å². The number of thiocarbonyl (C=S) groups is 2. The van der Waals surface area contributed by atoms with Crippen molar-refractivity contribution in [1.29, 1.82) is 0 Å². The second-order valence-electron chi connectivity index (χ2n) is 9.54. The predicted molar refractivity (Wildman–Crippen MR) is 122 cm³/mol. The van der Waals surface area contributed by atoms with Gasteiger partial charge in [-0.3, -0.25) is 0 Å². The molecule has 5 aliphatic carbocycles. The van der Waals surface area contributed by atoms with E-state index in [-0.39, 0.29) is 0 Å². The zero-order valence-electron chi connectivity index (χ0n) is 16.4. The molecule has 0 amide bonds. The van der Waals surface area contributed by atoms with Crippen LogP contribution in [-0.4, -0.2) is 34.9 Å². The van der Waals surface area contributed by atoms with Crippen LogP contribution in [0, 0.1) is 29.6 Å². The molecule has 4 bridgehead atoms. The molecule has 4 nitrogen and oxygen atoms in total. The van der Waals surface area contributed by atoms with E-state index in [2.05, 4.69) is 45.6 Å². The quantitative estimate of drug-likeness (QED) is 0.408. The van der Waals surface area contributed by atoms with E-state index in [4.69, 9.17) is 24.4 Å². The first-order valence-corrected chi connectivity index (χ1v) is 11.9. The molecule has 0 aromatic heterocycles. The summed E-state index contributed by atoms with van der Waals surface area (Å²) in [6.07, 6.45) is 18.3. The summed E-state index contributed by atoms with van der Waals surface area (Å²) in [5.41, 5.74) is 0. The van der Waals surface area contributed by atoms with Gasteiger partial charge in [0.05, 0.1) is 0 Å². The van der Waals surface area contributed by atoms with Crippen LogP contribution in [0.15, 0.2) is 24.3 Å². The molecule has 0 radical (unpaired) electrons. The topological polar surface area (TPSA) is 48.1 Å². The van der Waals surface area contributed by atoms with E-state index in [9.17, 15) is 0 Å². The van der Waals surface area contributed by atoms with Crippen LogP contribution in [0.3, 0.4) is 0 Å². The standard InChI is InChI=1S/C22H32N4S2/c27-21(25-19-10-13-4-6-15(19)8-13)23-12-17-2-1-3-18(17)24-22(28)26-20-11-14-5-7-16(20)9-14/h4-7,13-20H,1-3,8-12H2,(H2,23,25,27)(H2,24,26,28)/t13-,14-,15-,16-,17+,18-,19+,20+/m0/s1. The molecule has 3 saturated carbocycles. The first-order chi connectivity index (χ1) is 13.6. The first-order valence-electron chi connectivity index (χ1n) is 11.1. The minimum absolute atomic E-state index is 0.454. The Hall–Kier alpha value is -1.14. The fraction of sp³-hybridized carbons (Fsp3) is 0.727. The zero-order valence-corrected chi connectivity index (χ0v) is 18.0. The summed E-state index contributed by atoms with van der Waals surface area (Å²) in [6, 6.07) is 1.51. The lowest BCUT2D eigenvalue weighted by atomic mass is 10.0. The van der Waals surface area contributed by atoms with Gasteiger partial charge in [-0.2, -0.15) is 0 Å². The number of allylic oxidation sites excluding steroid dienone is 2. The van der Waals surface area contributed by atoms with Crippen molar-refractivity contribution in [2.45, 2.75) is 63.1 Å². The molecule has 0 heterocycles. The van der Waals surface area contributed by atoms with Crippen LogP contribution in [0.2, 0.25) is 0 Å². The molecule has 0 saturated heterocycles. The van der Waals surface area contributed by atoms with E-state index in [0.29, 0.717) is 35.9 Å². The summed E-state index contributed by atoms with van der Waals surface area (Å²) in [5.74, 6) is 3.48. The molecule has 3 fully saturated rings. The van der Waals surface area contributed by atoms with Crippen LogP contribution in [0.25, 0.3) is 0 Å². The lowest BCUT2D eigenvalue weighted by Gasteiger charge is -2.27. The van der Waals surface area contributed by atoms with Gasteiger partial charge in [-0.05, 0) is 92.6 Å².